The molecule has 0 unspecified atom stereocenters. The summed E-state index contributed by atoms with van der Waals surface area (Å²) in [5.41, 5.74) is 4.54. The van der Waals surface area contributed by atoms with Gasteiger partial charge in [0.1, 0.15) is 17.7 Å². The fraction of sp³-hybridized carbons (Fsp3) is 0.125. The summed E-state index contributed by atoms with van der Waals surface area (Å²) in [5, 5.41) is 3.49. The topological polar surface area (TPSA) is 83.1 Å². The van der Waals surface area contributed by atoms with Gasteiger partial charge in [-0.3, -0.25) is 4.79 Å². The zero-order valence-corrected chi connectivity index (χ0v) is 17.4. The molecule has 4 aromatic rings. The lowest BCUT2D eigenvalue weighted by Gasteiger charge is -2.09. The fourth-order valence-electron chi connectivity index (χ4n) is 3.25. The SMILES string of the molecule is C=CC(=O)Nc1cccc(Oc2ncnc3[nH]c(-c4ccc(CN(C)C)cc4)cc23)c1. The first-order valence-corrected chi connectivity index (χ1v) is 9.81. The van der Waals surface area contributed by atoms with E-state index >= 15 is 0 Å². The van der Waals surface area contributed by atoms with Gasteiger partial charge in [-0.25, -0.2) is 9.97 Å². The van der Waals surface area contributed by atoms with Crippen molar-refractivity contribution in [1.29, 1.82) is 0 Å². The van der Waals surface area contributed by atoms with Crippen molar-refractivity contribution in [3.8, 4) is 22.9 Å². The van der Waals surface area contributed by atoms with Gasteiger partial charge in [-0.1, -0.05) is 36.9 Å². The zero-order chi connectivity index (χ0) is 21.8. The number of nitrogens with one attached hydrogen (secondary N) is 2. The fourth-order valence-corrected chi connectivity index (χ4v) is 3.25. The van der Waals surface area contributed by atoms with E-state index in [4.69, 9.17) is 4.74 Å². The van der Waals surface area contributed by atoms with E-state index in [-0.39, 0.29) is 5.91 Å². The van der Waals surface area contributed by atoms with Crippen LogP contribution in [0.3, 0.4) is 0 Å². The average molecular weight is 413 g/mol. The van der Waals surface area contributed by atoms with Gasteiger partial charge in [0.05, 0.1) is 5.39 Å². The third kappa shape index (κ3) is 4.79. The standard InChI is InChI=1S/C24H23N5O2/c1-4-22(30)27-18-6-5-7-19(12-18)31-24-20-13-21(28-23(20)25-15-26-24)17-10-8-16(9-11-17)14-29(2)3/h4-13,15H,1,14H2,2-3H3,(H,27,30)(H,25,26,28). The molecule has 1 amide bonds. The Morgan fingerprint density at radius 1 is 1.16 bits per heavy atom. The Bertz CT molecular complexity index is 1230. The molecule has 0 radical (unpaired) electrons. The number of rotatable bonds is 7. The predicted octanol–water partition coefficient (Wildman–Crippen LogP) is 4.60. The number of H-pyrrole nitrogens is 1. The van der Waals surface area contributed by atoms with Gasteiger partial charge in [-0.2, -0.15) is 0 Å². The van der Waals surface area contributed by atoms with Crippen LogP contribution >= 0.6 is 0 Å². The molecule has 0 saturated heterocycles. The maximum atomic E-state index is 11.5. The zero-order valence-electron chi connectivity index (χ0n) is 17.4. The van der Waals surface area contributed by atoms with Gasteiger partial charge in [0, 0.05) is 24.0 Å². The monoisotopic (exact) mass is 413 g/mol. The maximum Gasteiger partial charge on any atom is 0.247 e. The van der Waals surface area contributed by atoms with Crippen molar-refractivity contribution in [3.63, 3.8) is 0 Å². The van der Waals surface area contributed by atoms with Gasteiger partial charge in [0.2, 0.25) is 11.8 Å². The molecule has 0 spiro atoms. The molecule has 4 rings (SSSR count). The molecule has 0 aliphatic rings. The highest BCUT2D eigenvalue weighted by molar-refractivity contribution is 5.99. The Kier molecular flexibility index (Phi) is 5.77. The molecule has 31 heavy (non-hydrogen) atoms. The Morgan fingerprint density at radius 2 is 1.97 bits per heavy atom. The molecular weight excluding hydrogens is 390 g/mol. The number of carbonyl (C=O) groups excluding carboxylic acids is 1. The number of amides is 1. The van der Waals surface area contributed by atoms with Crippen molar-refractivity contribution in [3.05, 3.63) is 79.1 Å². The lowest BCUT2D eigenvalue weighted by atomic mass is 10.1. The quantitative estimate of drug-likeness (QED) is 0.433. The summed E-state index contributed by atoms with van der Waals surface area (Å²) in [6.07, 6.45) is 2.68. The van der Waals surface area contributed by atoms with E-state index in [0.717, 1.165) is 23.2 Å². The highest BCUT2D eigenvalue weighted by Gasteiger charge is 2.12. The third-order valence-corrected chi connectivity index (χ3v) is 4.65. The molecule has 156 valence electrons. The molecule has 0 aliphatic carbocycles. The maximum absolute atomic E-state index is 11.5. The molecular formula is C24H23N5O2. The van der Waals surface area contributed by atoms with Gasteiger partial charge in [-0.05, 0) is 49.5 Å². The van der Waals surface area contributed by atoms with Crippen LogP contribution in [0.15, 0.2) is 73.6 Å². The van der Waals surface area contributed by atoms with E-state index in [1.807, 2.05) is 6.07 Å². The highest BCUT2D eigenvalue weighted by atomic mass is 16.5. The second-order valence-corrected chi connectivity index (χ2v) is 7.38. The van der Waals surface area contributed by atoms with Crippen molar-refractivity contribution >= 4 is 22.6 Å². The number of carbonyl (C=O) groups is 1. The number of anilines is 1. The normalized spacial score (nSPS) is 10.9. The van der Waals surface area contributed by atoms with Crippen LogP contribution in [0.2, 0.25) is 0 Å². The van der Waals surface area contributed by atoms with E-state index in [1.165, 1.54) is 18.0 Å². The smallest absolute Gasteiger partial charge is 0.247 e. The molecule has 2 aromatic heterocycles. The number of aromatic nitrogens is 3. The minimum absolute atomic E-state index is 0.284. The van der Waals surface area contributed by atoms with Crippen LogP contribution in [-0.2, 0) is 11.3 Å². The van der Waals surface area contributed by atoms with Crippen LogP contribution in [0.5, 0.6) is 11.6 Å². The molecule has 7 nitrogen and oxygen atoms in total. The molecule has 0 fully saturated rings. The number of fused-ring (bicyclic) bond motifs is 1. The van der Waals surface area contributed by atoms with Gasteiger partial charge in [-0.15, -0.1) is 0 Å². The van der Waals surface area contributed by atoms with Crippen molar-refractivity contribution in [2.24, 2.45) is 0 Å². The van der Waals surface area contributed by atoms with Gasteiger partial charge in [0.25, 0.3) is 0 Å². The van der Waals surface area contributed by atoms with E-state index < -0.39 is 0 Å². The van der Waals surface area contributed by atoms with Gasteiger partial charge in [0.15, 0.2) is 0 Å². The number of hydrogen-bond donors (Lipinski definition) is 2. The summed E-state index contributed by atoms with van der Waals surface area (Å²) in [6.45, 7) is 4.35. The minimum Gasteiger partial charge on any atom is -0.438 e. The summed E-state index contributed by atoms with van der Waals surface area (Å²) in [5.74, 6) is 0.704. The van der Waals surface area contributed by atoms with E-state index in [0.29, 0.717) is 23.0 Å². The first-order valence-electron chi connectivity index (χ1n) is 9.81. The second kappa shape index (κ2) is 8.81. The summed E-state index contributed by atoms with van der Waals surface area (Å²) < 4.78 is 6.01. The lowest BCUT2D eigenvalue weighted by Crippen LogP contribution is -2.10. The number of nitrogens with zero attached hydrogens (tertiary/aromatic N) is 3. The predicted molar refractivity (Wildman–Crippen MR) is 122 cm³/mol. The highest BCUT2D eigenvalue weighted by Crippen LogP contribution is 2.31. The van der Waals surface area contributed by atoms with Crippen LogP contribution in [0.4, 0.5) is 5.69 Å². The summed E-state index contributed by atoms with van der Waals surface area (Å²) in [7, 11) is 4.10. The average Bonchev–Trinajstić information content (AvgIpc) is 3.19. The Labute approximate surface area is 180 Å². The lowest BCUT2D eigenvalue weighted by molar-refractivity contribution is -0.111. The first kappa shape index (κ1) is 20.3. The van der Waals surface area contributed by atoms with E-state index in [9.17, 15) is 4.79 Å². The molecule has 2 N–H and O–H groups in total. The van der Waals surface area contributed by atoms with Crippen LogP contribution < -0.4 is 10.1 Å². The van der Waals surface area contributed by atoms with Crippen molar-refractivity contribution < 1.29 is 9.53 Å². The third-order valence-electron chi connectivity index (χ3n) is 4.65. The van der Waals surface area contributed by atoms with Crippen LogP contribution in [0, 0.1) is 0 Å². The number of benzene rings is 2. The largest absolute Gasteiger partial charge is 0.438 e. The molecule has 0 atom stereocenters. The molecule has 0 bridgehead atoms. The van der Waals surface area contributed by atoms with E-state index in [2.05, 4.69) is 70.1 Å². The molecule has 2 aromatic carbocycles. The summed E-state index contributed by atoms with van der Waals surface area (Å²) in [4.78, 5) is 25.6. The van der Waals surface area contributed by atoms with Crippen LogP contribution in [0.1, 0.15) is 5.56 Å². The summed E-state index contributed by atoms with van der Waals surface area (Å²) >= 11 is 0. The summed E-state index contributed by atoms with van der Waals surface area (Å²) in [6, 6.07) is 17.5. The van der Waals surface area contributed by atoms with E-state index in [1.54, 1.807) is 24.3 Å². The Hall–Kier alpha value is -3.97. The number of hydrogen-bond acceptors (Lipinski definition) is 5. The molecule has 7 heteroatoms. The second-order valence-electron chi connectivity index (χ2n) is 7.38. The van der Waals surface area contributed by atoms with Crippen LogP contribution in [-0.4, -0.2) is 39.9 Å². The molecule has 0 aliphatic heterocycles. The Morgan fingerprint density at radius 3 is 2.71 bits per heavy atom. The minimum atomic E-state index is -0.284. The molecule has 0 saturated carbocycles. The van der Waals surface area contributed by atoms with Gasteiger partial charge < -0.3 is 19.9 Å². The number of ether oxygens (including phenoxy) is 1. The number of aromatic amines is 1. The first-order chi connectivity index (χ1) is 15.0. The van der Waals surface area contributed by atoms with Crippen molar-refractivity contribution in [2.45, 2.75) is 6.54 Å². The van der Waals surface area contributed by atoms with Crippen molar-refractivity contribution in [1.82, 2.24) is 19.9 Å². The Balaban J connectivity index is 1.60. The molecule has 2 heterocycles. The van der Waals surface area contributed by atoms with Crippen molar-refractivity contribution in [2.75, 3.05) is 19.4 Å². The van der Waals surface area contributed by atoms with Gasteiger partial charge >= 0.3 is 0 Å². The van der Waals surface area contributed by atoms with Crippen LogP contribution in [0.25, 0.3) is 22.3 Å².